The number of benzene rings is 1. The van der Waals surface area contributed by atoms with Gasteiger partial charge in [-0.1, -0.05) is 23.7 Å². The molecule has 1 aromatic heterocycles. The fourth-order valence-corrected chi connectivity index (χ4v) is 3.34. The van der Waals surface area contributed by atoms with E-state index in [1.807, 2.05) is 4.68 Å². The fraction of sp³-hybridized carbons (Fsp3) is 0.412. The van der Waals surface area contributed by atoms with Crippen LogP contribution in [-0.2, 0) is 5.54 Å². The van der Waals surface area contributed by atoms with Gasteiger partial charge in [0, 0.05) is 5.92 Å². The van der Waals surface area contributed by atoms with E-state index in [0.29, 0.717) is 22.3 Å². The van der Waals surface area contributed by atoms with Crippen molar-refractivity contribution in [3.8, 4) is 0 Å². The minimum absolute atomic E-state index is 0.232. The minimum Gasteiger partial charge on any atom is -0.306 e. The highest BCUT2D eigenvalue weighted by molar-refractivity contribution is 9.10. The van der Waals surface area contributed by atoms with Crippen LogP contribution in [-0.4, -0.2) is 15.7 Å². The molecule has 1 amide bonds. The monoisotopic (exact) mass is 395 g/mol. The van der Waals surface area contributed by atoms with Crippen molar-refractivity contribution in [2.45, 2.75) is 45.1 Å². The molecule has 1 heterocycles. The highest BCUT2D eigenvalue weighted by Crippen LogP contribution is 2.45. The van der Waals surface area contributed by atoms with E-state index in [4.69, 9.17) is 16.7 Å². The van der Waals surface area contributed by atoms with Gasteiger partial charge in [0.05, 0.1) is 26.3 Å². The van der Waals surface area contributed by atoms with E-state index in [2.05, 4.69) is 42.0 Å². The lowest BCUT2D eigenvalue weighted by Gasteiger charge is -2.22. The van der Waals surface area contributed by atoms with Crippen molar-refractivity contribution in [2.75, 3.05) is 5.32 Å². The number of aromatic nitrogens is 2. The van der Waals surface area contributed by atoms with E-state index in [-0.39, 0.29) is 11.4 Å². The number of nitrogens with zero attached hydrogens (tertiary/aromatic N) is 2. The Bertz CT molecular complexity index is 760. The Labute approximate surface area is 149 Å². The molecule has 4 nitrogen and oxygen atoms in total. The van der Waals surface area contributed by atoms with Crippen molar-refractivity contribution in [1.29, 1.82) is 0 Å². The van der Waals surface area contributed by atoms with Crippen molar-refractivity contribution in [2.24, 2.45) is 0 Å². The Morgan fingerprint density at radius 1 is 1.35 bits per heavy atom. The molecule has 0 radical (unpaired) electrons. The summed E-state index contributed by atoms with van der Waals surface area (Å²) >= 11 is 9.75. The zero-order chi connectivity index (χ0) is 16.8. The largest absolute Gasteiger partial charge is 0.306 e. The van der Waals surface area contributed by atoms with E-state index in [9.17, 15) is 4.79 Å². The standard InChI is InChI=1S/C17H19BrClN3O/c1-17(2,3)22-15(13(18)14(21-22)10-8-9-10)20-16(23)11-6-4-5-7-12(11)19/h4-7,10H,8-9H2,1-3H3,(H,20,23). The molecular weight excluding hydrogens is 378 g/mol. The zero-order valence-corrected chi connectivity index (χ0v) is 15.7. The number of anilines is 1. The second-order valence-corrected chi connectivity index (χ2v) is 8.04. The van der Waals surface area contributed by atoms with Crippen LogP contribution in [0.15, 0.2) is 28.7 Å². The Morgan fingerprint density at radius 2 is 2.00 bits per heavy atom. The molecule has 0 aliphatic heterocycles. The molecule has 1 aliphatic rings. The predicted molar refractivity (Wildman–Crippen MR) is 96.3 cm³/mol. The molecule has 1 N–H and O–H groups in total. The smallest absolute Gasteiger partial charge is 0.258 e. The number of halogens is 2. The Balaban J connectivity index is 1.99. The van der Waals surface area contributed by atoms with Crippen LogP contribution >= 0.6 is 27.5 Å². The number of rotatable bonds is 3. The SMILES string of the molecule is CC(C)(C)n1nc(C2CC2)c(Br)c1NC(=O)c1ccccc1Cl. The molecule has 0 saturated heterocycles. The van der Waals surface area contributed by atoms with Crippen LogP contribution < -0.4 is 5.32 Å². The summed E-state index contributed by atoms with van der Waals surface area (Å²) in [6, 6.07) is 7.03. The molecule has 6 heteroatoms. The van der Waals surface area contributed by atoms with Gasteiger partial charge >= 0.3 is 0 Å². The average molecular weight is 397 g/mol. The minimum atomic E-state index is -0.237. The molecule has 122 valence electrons. The number of nitrogens with one attached hydrogen (secondary N) is 1. The first kappa shape index (κ1) is 16.5. The van der Waals surface area contributed by atoms with E-state index < -0.39 is 0 Å². The van der Waals surface area contributed by atoms with E-state index in [0.717, 1.165) is 23.0 Å². The van der Waals surface area contributed by atoms with Gasteiger partial charge in [-0.05, 0) is 61.7 Å². The first-order valence-corrected chi connectivity index (χ1v) is 8.81. The molecular formula is C17H19BrClN3O. The Hall–Kier alpha value is -1.33. The molecule has 1 fully saturated rings. The summed E-state index contributed by atoms with van der Waals surface area (Å²) in [5.74, 6) is 0.942. The third kappa shape index (κ3) is 3.31. The summed E-state index contributed by atoms with van der Waals surface area (Å²) in [5, 5.41) is 8.15. The van der Waals surface area contributed by atoms with Gasteiger partial charge in [0.1, 0.15) is 5.82 Å². The second-order valence-electron chi connectivity index (χ2n) is 6.84. The van der Waals surface area contributed by atoms with Crippen molar-refractivity contribution < 1.29 is 4.79 Å². The number of carbonyl (C=O) groups is 1. The van der Waals surface area contributed by atoms with Gasteiger partial charge in [0.2, 0.25) is 0 Å². The highest BCUT2D eigenvalue weighted by atomic mass is 79.9. The summed E-state index contributed by atoms with van der Waals surface area (Å²) in [4.78, 5) is 12.6. The molecule has 0 spiro atoms. The van der Waals surface area contributed by atoms with Gasteiger partial charge < -0.3 is 5.32 Å². The van der Waals surface area contributed by atoms with Crippen LogP contribution in [0.4, 0.5) is 5.82 Å². The molecule has 1 saturated carbocycles. The van der Waals surface area contributed by atoms with Gasteiger partial charge in [0.25, 0.3) is 5.91 Å². The Kier molecular flexibility index (Phi) is 4.27. The number of hydrogen-bond acceptors (Lipinski definition) is 2. The molecule has 1 aliphatic carbocycles. The topological polar surface area (TPSA) is 46.9 Å². The quantitative estimate of drug-likeness (QED) is 0.776. The Morgan fingerprint density at radius 3 is 2.57 bits per heavy atom. The second kappa shape index (κ2) is 5.95. The van der Waals surface area contributed by atoms with Gasteiger partial charge in [-0.3, -0.25) is 4.79 Å². The summed E-state index contributed by atoms with van der Waals surface area (Å²) < 4.78 is 2.75. The van der Waals surface area contributed by atoms with Crippen LogP contribution in [0, 0.1) is 0 Å². The van der Waals surface area contributed by atoms with Gasteiger partial charge in [0.15, 0.2) is 0 Å². The molecule has 23 heavy (non-hydrogen) atoms. The molecule has 0 atom stereocenters. The number of carbonyl (C=O) groups excluding carboxylic acids is 1. The van der Waals surface area contributed by atoms with Gasteiger partial charge in [-0.2, -0.15) is 5.10 Å². The molecule has 3 rings (SSSR count). The van der Waals surface area contributed by atoms with Crippen LogP contribution in [0.25, 0.3) is 0 Å². The maximum absolute atomic E-state index is 12.6. The summed E-state index contributed by atoms with van der Waals surface area (Å²) in [6.45, 7) is 6.19. The lowest BCUT2D eigenvalue weighted by Crippen LogP contribution is -2.27. The first-order chi connectivity index (χ1) is 10.8. The fourth-order valence-electron chi connectivity index (χ4n) is 2.45. The maximum Gasteiger partial charge on any atom is 0.258 e. The van der Waals surface area contributed by atoms with E-state index >= 15 is 0 Å². The molecule has 1 aromatic carbocycles. The molecule has 0 bridgehead atoms. The van der Waals surface area contributed by atoms with Crippen LogP contribution in [0.1, 0.15) is 55.6 Å². The zero-order valence-electron chi connectivity index (χ0n) is 13.4. The van der Waals surface area contributed by atoms with Crippen molar-refractivity contribution in [3.63, 3.8) is 0 Å². The lowest BCUT2D eigenvalue weighted by molar-refractivity contribution is 0.102. The first-order valence-electron chi connectivity index (χ1n) is 7.64. The van der Waals surface area contributed by atoms with E-state index in [1.54, 1.807) is 24.3 Å². The van der Waals surface area contributed by atoms with Gasteiger partial charge in [-0.25, -0.2) is 4.68 Å². The predicted octanol–water partition coefficient (Wildman–Crippen LogP) is 5.18. The maximum atomic E-state index is 12.6. The summed E-state index contributed by atoms with van der Waals surface area (Å²) in [5.41, 5.74) is 1.24. The van der Waals surface area contributed by atoms with Gasteiger partial charge in [-0.15, -0.1) is 0 Å². The molecule has 2 aromatic rings. The van der Waals surface area contributed by atoms with E-state index in [1.165, 1.54) is 0 Å². The van der Waals surface area contributed by atoms with Crippen molar-refractivity contribution >= 4 is 39.3 Å². The van der Waals surface area contributed by atoms with Crippen molar-refractivity contribution in [1.82, 2.24) is 9.78 Å². The van der Waals surface area contributed by atoms with Crippen LogP contribution in [0.5, 0.6) is 0 Å². The lowest BCUT2D eigenvalue weighted by atomic mass is 10.1. The summed E-state index contributed by atoms with van der Waals surface area (Å²) in [7, 11) is 0. The normalized spacial score (nSPS) is 14.8. The number of amides is 1. The summed E-state index contributed by atoms with van der Waals surface area (Å²) in [6.07, 6.45) is 2.30. The van der Waals surface area contributed by atoms with Crippen LogP contribution in [0.3, 0.4) is 0 Å². The van der Waals surface area contributed by atoms with Crippen molar-refractivity contribution in [3.05, 3.63) is 45.0 Å². The number of hydrogen-bond donors (Lipinski definition) is 1. The van der Waals surface area contributed by atoms with Crippen LogP contribution in [0.2, 0.25) is 5.02 Å². The third-order valence-electron chi connectivity index (χ3n) is 3.80. The third-order valence-corrected chi connectivity index (χ3v) is 4.91. The highest BCUT2D eigenvalue weighted by Gasteiger charge is 2.33. The average Bonchev–Trinajstić information content (AvgIpc) is 3.25. The molecule has 0 unspecified atom stereocenters.